The molecule has 0 aliphatic carbocycles. The van der Waals surface area contributed by atoms with Crippen LogP contribution in [0.15, 0.2) is 103 Å². The number of anilines is 6. The quantitative estimate of drug-likeness (QED) is 0.428. The molecule has 0 amide bonds. The summed E-state index contributed by atoms with van der Waals surface area (Å²) < 4.78 is 0. The molecule has 0 fully saturated rings. The monoisotopic (exact) mass is 378 g/mol. The van der Waals surface area contributed by atoms with Gasteiger partial charge >= 0.3 is 0 Å². The molecule has 1 aromatic heterocycles. The maximum atomic E-state index is 4.63. The first-order valence-corrected chi connectivity index (χ1v) is 9.75. The third kappa shape index (κ3) is 3.19. The summed E-state index contributed by atoms with van der Waals surface area (Å²) in [7, 11) is 2.10. The molecule has 4 aromatic rings. The number of aromatic nitrogens is 1. The van der Waals surface area contributed by atoms with Gasteiger partial charge in [0.1, 0.15) is 0 Å². The smallest absolute Gasteiger partial charge is 0.158 e. The van der Waals surface area contributed by atoms with Crippen molar-refractivity contribution in [2.24, 2.45) is 0 Å². The van der Waals surface area contributed by atoms with Crippen molar-refractivity contribution in [1.29, 1.82) is 0 Å². The second-order valence-corrected chi connectivity index (χ2v) is 7.14. The fourth-order valence-corrected chi connectivity index (χ4v) is 3.85. The van der Waals surface area contributed by atoms with Gasteiger partial charge in [0, 0.05) is 36.0 Å². The van der Waals surface area contributed by atoms with E-state index in [4.69, 9.17) is 0 Å². The molecule has 0 bridgehead atoms. The van der Waals surface area contributed by atoms with E-state index in [1.54, 1.807) is 0 Å². The first-order valence-electron chi connectivity index (χ1n) is 9.75. The van der Waals surface area contributed by atoms with Crippen LogP contribution in [0.5, 0.6) is 0 Å². The normalized spacial score (nSPS) is 12.7. The van der Waals surface area contributed by atoms with Gasteiger partial charge in [0.15, 0.2) is 5.82 Å². The lowest BCUT2D eigenvalue weighted by Crippen LogP contribution is -2.24. The standard InChI is InChI=1S/C25H22N4/c1-27-19-28(25-24(27)16-9-17-26-25)22-14-8-15-23(18-22)29(20-10-4-2-5-11-20)21-12-6-3-7-13-21/h2-18H,19H2,1H3. The summed E-state index contributed by atoms with van der Waals surface area (Å²) in [6, 6.07) is 33.7. The molecular weight excluding hydrogens is 356 g/mol. The minimum Gasteiger partial charge on any atom is -0.354 e. The van der Waals surface area contributed by atoms with E-state index < -0.39 is 0 Å². The van der Waals surface area contributed by atoms with E-state index in [0.29, 0.717) is 0 Å². The minimum atomic E-state index is 0.784. The van der Waals surface area contributed by atoms with Crippen molar-refractivity contribution in [3.05, 3.63) is 103 Å². The van der Waals surface area contributed by atoms with Crippen LogP contribution in [0, 0.1) is 0 Å². The summed E-state index contributed by atoms with van der Waals surface area (Å²) in [4.78, 5) is 11.4. The Balaban J connectivity index is 1.59. The summed E-state index contributed by atoms with van der Waals surface area (Å²) in [5.41, 5.74) is 5.66. The summed E-state index contributed by atoms with van der Waals surface area (Å²) in [6.07, 6.45) is 1.86. The van der Waals surface area contributed by atoms with E-state index in [2.05, 4.69) is 106 Å². The number of hydrogen-bond donors (Lipinski definition) is 0. The molecule has 142 valence electrons. The Labute approximate surface area is 171 Å². The molecule has 3 aromatic carbocycles. The lowest BCUT2D eigenvalue weighted by molar-refractivity contribution is 0.944. The molecule has 1 aliphatic rings. The molecule has 1 aliphatic heterocycles. The van der Waals surface area contributed by atoms with Crippen LogP contribution >= 0.6 is 0 Å². The summed E-state index contributed by atoms with van der Waals surface area (Å²) in [5, 5.41) is 0. The Hall–Kier alpha value is -3.79. The molecular formula is C25H22N4. The number of nitrogens with zero attached hydrogens (tertiary/aromatic N) is 4. The highest BCUT2D eigenvalue weighted by atomic mass is 15.4. The van der Waals surface area contributed by atoms with Gasteiger partial charge in [-0.25, -0.2) is 4.98 Å². The maximum Gasteiger partial charge on any atom is 0.158 e. The number of benzene rings is 3. The highest BCUT2D eigenvalue weighted by Crippen LogP contribution is 2.41. The van der Waals surface area contributed by atoms with Crippen molar-refractivity contribution in [2.75, 3.05) is 28.4 Å². The topological polar surface area (TPSA) is 22.6 Å². The third-order valence-electron chi connectivity index (χ3n) is 5.21. The van der Waals surface area contributed by atoms with Crippen molar-refractivity contribution in [1.82, 2.24) is 4.98 Å². The van der Waals surface area contributed by atoms with E-state index >= 15 is 0 Å². The number of rotatable bonds is 4. The van der Waals surface area contributed by atoms with Crippen LogP contribution in [0.4, 0.5) is 34.3 Å². The van der Waals surface area contributed by atoms with Crippen LogP contribution in [0.3, 0.4) is 0 Å². The molecule has 0 saturated heterocycles. The predicted octanol–water partition coefficient (Wildman–Crippen LogP) is 6.10. The fraction of sp³-hybridized carbons (Fsp3) is 0.0800. The number of pyridine rings is 1. The van der Waals surface area contributed by atoms with Crippen LogP contribution in [0.2, 0.25) is 0 Å². The zero-order valence-corrected chi connectivity index (χ0v) is 16.3. The van der Waals surface area contributed by atoms with E-state index in [9.17, 15) is 0 Å². The number of fused-ring (bicyclic) bond motifs is 1. The van der Waals surface area contributed by atoms with Crippen molar-refractivity contribution in [3.8, 4) is 0 Å². The van der Waals surface area contributed by atoms with Crippen molar-refractivity contribution in [3.63, 3.8) is 0 Å². The second kappa shape index (κ2) is 7.32. The Morgan fingerprint density at radius 2 is 1.38 bits per heavy atom. The molecule has 0 saturated carbocycles. The summed E-state index contributed by atoms with van der Waals surface area (Å²) >= 11 is 0. The molecule has 0 radical (unpaired) electrons. The van der Waals surface area contributed by atoms with Crippen LogP contribution in [0.25, 0.3) is 0 Å². The maximum absolute atomic E-state index is 4.63. The van der Waals surface area contributed by atoms with Gasteiger partial charge < -0.3 is 14.7 Å². The van der Waals surface area contributed by atoms with Gasteiger partial charge in [-0.15, -0.1) is 0 Å². The van der Waals surface area contributed by atoms with Gasteiger partial charge in [-0.2, -0.15) is 0 Å². The predicted molar refractivity (Wildman–Crippen MR) is 121 cm³/mol. The summed E-state index contributed by atoms with van der Waals surface area (Å²) in [5.74, 6) is 0.998. The van der Waals surface area contributed by atoms with E-state index in [-0.39, 0.29) is 0 Å². The molecule has 0 atom stereocenters. The Bertz CT molecular complexity index is 1070. The molecule has 0 N–H and O–H groups in total. The number of hydrogen-bond acceptors (Lipinski definition) is 4. The van der Waals surface area contributed by atoms with Gasteiger partial charge in [-0.1, -0.05) is 42.5 Å². The Morgan fingerprint density at radius 3 is 2.07 bits per heavy atom. The van der Waals surface area contributed by atoms with Crippen LogP contribution in [0.1, 0.15) is 0 Å². The van der Waals surface area contributed by atoms with Gasteiger partial charge in [0.25, 0.3) is 0 Å². The average Bonchev–Trinajstić information content (AvgIpc) is 3.13. The largest absolute Gasteiger partial charge is 0.354 e. The minimum absolute atomic E-state index is 0.784. The van der Waals surface area contributed by atoms with Gasteiger partial charge in [0.2, 0.25) is 0 Å². The van der Waals surface area contributed by atoms with E-state index in [0.717, 1.165) is 40.9 Å². The molecule has 4 heteroatoms. The molecule has 5 rings (SSSR count). The Kier molecular flexibility index (Phi) is 4.37. The van der Waals surface area contributed by atoms with E-state index in [1.807, 2.05) is 24.4 Å². The molecule has 0 spiro atoms. The van der Waals surface area contributed by atoms with Crippen molar-refractivity contribution in [2.45, 2.75) is 0 Å². The SMILES string of the molecule is CN1CN(c2cccc(N(c3ccccc3)c3ccccc3)c2)c2ncccc21. The lowest BCUT2D eigenvalue weighted by Gasteiger charge is -2.27. The summed E-state index contributed by atoms with van der Waals surface area (Å²) in [6.45, 7) is 0.784. The fourth-order valence-electron chi connectivity index (χ4n) is 3.85. The number of para-hydroxylation sites is 2. The van der Waals surface area contributed by atoms with Crippen molar-refractivity contribution >= 4 is 34.3 Å². The zero-order valence-electron chi connectivity index (χ0n) is 16.3. The molecule has 4 nitrogen and oxygen atoms in total. The molecule has 2 heterocycles. The zero-order chi connectivity index (χ0) is 19.6. The van der Waals surface area contributed by atoms with Crippen LogP contribution in [-0.4, -0.2) is 18.7 Å². The second-order valence-electron chi connectivity index (χ2n) is 7.14. The highest BCUT2D eigenvalue weighted by molar-refractivity contribution is 5.83. The van der Waals surface area contributed by atoms with Gasteiger partial charge in [-0.05, 0) is 54.6 Å². The molecule has 29 heavy (non-hydrogen) atoms. The van der Waals surface area contributed by atoms with Gasteiger partial charge in [0.05, 0.1) is 12.4 Å². The highest BCUT2D eigenvalue weighted by Gasteiger charge is 2.26. The van der Waals surface area contributed by atoms with Gasteiger partial charge in [-0.3, -0.25) is 0 Å². The van der Waals surface area contributed by atoms with E-state index in [1.165, 1.54) is 0 Å². The lowest BCUT2D eigenvalue weighted by atomic mass is 10.1. The van der Waals surface area contributed by atoms with Crippen LogP contribution < -0.4 is 14.7 Å². The first kappa shape index (κ1) is 17.3. The van der Waals surface area contributed by atoms with Crippen molar-refractivity contribution < 1.29 is 0 Å². The Morgan fingerprint density at radius 1 is 0.724 bits per heavy atom. The third-order valence-corrected chi connectivity index (χ3v) is 5.21. The van der Waals surface area contributed by atoms with Crippen LogP contribution in [-0.2, 0) is 0 Å². The molecule has 0 unspecified atom stereocenters. The first-order chi connectivity index (χ1) is 14.3. The average molecular weight is 378 g/mol.